The predicted molar refractivity (Wildman–Crippen MR) is 115 cm³/mol. The zero-order chi connectivity index (χ0) is 22.2. The minimum Gasteiger partial charge on any atom is -0.342 e. The number of carbonyl (C=O) groups excluding carboxylic acids is 2. The first-order valence-electron chi connectivity index (χ1n) is 11.4. The molecule has 0 radical (unpaired) electrons. The molecule has 7 nitrogen and oxygen atoms in total. The van der Waals surface area contributed by atoms with E-state index in [0.29, 0.717) is 44.0 Å². The zero-order valence-electron chi connectivity index (χ0n) is 18.0. The Kier molecular flexibility index (Phi) is 5.53. The van der Waals surface area contributed by atoms with Crippen LogP contribution in [0.15, 0.2) is 29.1 Å². The molecule has 3 heterocycles. The Morgan fingerprint density at radius 2 is 1.75 bits per heavy atom. The molecule has 2 aliphatic heterocycles. The molecule has 2 amide bonds. The van der Waals surface area contributed by atoms with Crippen LogP contribution in [0.5, 0.6) is 0 Å². The maximum atomic E-state index is 13.1. The van der Waals surface area contributed by atoms with Crippen molar-refractivity contribution in [3.63, 3.8) is 0 Å². The van der Waals surface area contributed by atoms with E-state index in [1.54, 1.807) is 12.1 Å². The molecule has 1 aromatic carbocycles. The van der Waals surface area contributed by atoms with Crippen LogP contribution in [0.25, 0.3) is 0 Å². The highest BCUT2D eigenvalue weighted by Crippen LogP contribution is 2.32. The third-order valence-electron chi connectivity index (χ3n) is 6.83. The van der Waals surface area contributed by atoms with E-state index in [1.807, 2.05) is 9.80 Å². The summed E-state index contributed by atoms with van der Waals surface area (Å²) in [5.41, 5.74) is 2.11. The molecule has 0 unspecified atom stereocenters. The van der Waals surface area contributed by atoms with Crippen LogP contribution in [0.1, 0.15) is 54.2 Å². The minimum absolute atomic E-state index is 0.0242. The number of hydrogen-bond acceptors (Lipinski definition) is 4. The molecule has 3 aliphatic rings. The van der Waals surface area contributed by atoms with Crippen LogP contribution < -0.4 is 5.56 Å². The van der Waals surface area contributed by atoms with Gasteiger partial charge in [0.25, 0.3) is 5.56 Å². The smallest absolute Gasteiger partial charge is 0.254 e. The van der Waals surface area contributed by atoms with E-state index in [1.165, 1.54) is 12.1 Å². The molecule has 0 spiro atoms. The van der Waals surface area contributed by atoms with Crippen LogP contribution in [0, 0.1) is 11.7 Å². The van der Waals surface area contributed by atoms with Gasteiger partial charge in [-0.25, -0.2) is 9.37 Å². The van der Waals surface area contributed by atoms with Crippen molar-refractivity contribution in [3.05, 3.63) is 63.1 Å². The first kappa shape index (κ1) is 20.8. The number of benzene rings is 1. The van der Waals surface area contributed by atoms with Crippen LogP contribution in [0.2, 0.25) is 0 Å². The van der Waals surface area contributed by atoms with Gasteiger partial charge in [0.15, 0.2) is 0 Å². The van der Waals surface area contributed by atoms with Gasteiger partial charge in [-0.05, 0) is 49.8 Å². The SMILES string of the molecule is O=C(Cc1ccc(F)cc1)N1CCC(c2nc3c(c(=O)[nH]2)CCN(C(=O)C2CC2)C3)CC1. The monoisotopic (exact) mass is 438 g/mol. The number of nitrogens with one attached hydrogen (secondary N) is 1. The molecule has 168 valence electrons. The molecule has 1 aromatic heterocycles. The summed E-state index contributed by atoms with van der Waals surface area (Å²) in [6.45, 7) is 2.19. The van der Waals surface area contributed by atoms with Crippen molar-refractivity contribution in [3.8, 4) is 0 Å². The van der Waals surface area contributed by atoms with E-state index in [-0.39, 0.29) is 41.4 Å². The van der Waals surface area contributed by atoms with Gasteiger partial charge >= 0.3 is 0 Å². The summed E-state index contributed by atoms with van der Waals surface area (Å²) in [6, 6.07) is 6.01. The number of H-pyrrole nitrogens is 1. The van der Waals surface area contributed by atoms with Gasteiger partial charge in [0.2, 0.25) is 11.8 Å². The lowest BCUT2D eigenvalue weighted by molar-refractivity contribution is -0.133. The fourth-order valence-electron chi connectivity index (χ4n) is 4.72. The average Bonchev–Trinajstić information content (AvgIpc) is 3.65. The van der Waals surface area contributed by atoms with Gasteiger partial charge in [-0.15, -0.1) is 0 Å². The summed E-state index contributed by atoms with van der Waals surface area (Å²) in [7, 11) is 0. The number of piperidine rings is 1. The van der Waals surface area contributed by atoms with Gasteiger partial charge in [-0.2, -0.15) is 0 Å². The second kappa shape index (κ2) is 8.48. The number of aromatic nitrogens is 2. The Morgan fingerprint density at radius 3 is 2.44 bits per heavy atom. The van der Waals surface area contributed by atoms with Crippen LogP contribution in [0.4, 0.5) is 4.39 Å². The van der Waals surface area contributed by atoms with E-state index >= 15 is 0 Å². The number of halogens is 1. The number of hydrogen-bond donors (Lipinski definition) is 1. The Bertz CT molecular complexity index is 1090. The normalized spacial score (nSPS) is 19.0. The summed E-state index contributed by atoms with van der Waals surface area (Å²) in [4.78, 5) is 49.1. The number of fused-ring (bicyclic) bond motifs is 1. The number of aromatic amines is 1. The molecule has 1 aliphatic carbocycles. The van der Waals surface area contributed by atoms with Crippen molar-refractivity contribution < 1.29 is 14.0 Å². The number of amides is 2. The van der Waals surface area contributed by atoms with Gasteiger partial charge in [0.1, 0.15) is 11.6 Å². The van der Waals surface area contributed by atoms with Gasteiger partial charge < -0.3 is 14.8 Å². The first-order chi connectivity index (χ1) is 15.5. The Morgan fingerprint density at radius 1 is 1.03 bits per heavy atom. The molecular weight excluding hydrogens is 411 g/mol. The molecule has 1 N–H and O–H groups in total. The second-order valence-electron chi connectivity index (χ2n) is 9.12. The highest BCUT2D eigenvalue weighted by Gasteiger charge is 2.36. The van der Waals surface area contributed by atoms with Crippen LogP contribution in [-0.2, 0) is 29.0 Å². The largest absolute Gasteiger partial charge is 0.342 e. The van der Waals surface area contributed by atoms with Crippen molar-refractivity contribution >= 4 is 11.8 Å². The average molecular weight is 439 g/mol. The lowest BCUT2D eigenvalue weighted by Gasteiger charge is -2.32. The Balaban J connectivity index is 1.23. The van der Waals surface area contributed by atoms with Crippen LogP contribution in [0.3, 0.4) is 0 Å². The van der Waals surface area contributed by atoms with Gasteiger partial charge in [0, 0.05) is 37.0 Å². The van der Waals surface area contributed by atoms with E-state index in [2.05, 4.69) is 4.98 Å². The molecule has 1 saturated heterocycles. The molecule has 32 heavy (non-hydrogen) atoms. The van der Waals surface area contributed by atoms with Crippen molar-refractivity contribution in [2.75, 3.05) is 19.6 Å². The first-order valence-corrected chi connectivity index (χ1v) is 11.4. The molecule has 2 aromatic rings. The third kappa shape index (κ3) is 4.31. The topological polar surface area (TPSA) is 86.4 Å². The van der Waals surface area contributed by atoms with E-state index in [0.717, 1.165) is 36.9 Å². The summed E-state index contributed by atoms with van der Waals surface area (Å²) in [5, 5.41) is 0. The molecule has 0 bridgehead atoms. The number of nitrogens with zero attached hydrogens (tertiary/aromatic N) is 3. The maximum absolute atomic E-state index is 13.1. The van der Waals surface area contributed by atoms with Crippen molar-refractivity contribution in [2.45, 2.75) is 51.0 Å². The predicted octanol–water partition coefficient (Wildman–Crippen LogP) is 2.15. The molecule has 8 heteroatoms. The molecule has 1 saturated carbocycles. The highest BCUT2D eigenvalue weighted by atomic mass is 19.1. The van der Waals surface area contributed by atoms with Crippen molar-refractivity contribution in [2.24, 2.45) is 5.92 Å². The van der Waals surface area contributed by atoms with E-state index in [4.69, 9.17) is 4.98 Å². The summed E-state index contributed by atoms with van der Waals surface area (Å²) in [5.74, 6) is 0.810. The fraction of sp³-hybridized carbons (Fsp3) is 0.500. The van der Waals surface area contributed by atoms with Crippen molar-refractivity contribution in [1.29, 1.82) is 0 Å². The maximum Gasteiger partial charge on any atom is 0.254 e. The van der Waals surface area contributed by atoms with Gasteiger partial charge in [0.05, 0.1) is 18.7 Å². The minimum atomic E-state index is -0.311. The van der Waals surface area contributed by atoms with Crippen LogP contribution >= 0.6 is 0 Å². The van der Waals surface area contributed by atoms with Gasteiger partial charge in [-0.1, -0.05) is 12.1 Å². The fourth-order valence-corrected chi connectivity index (χ4v) is 4.72. The second-order valence-corrected chi connectivity index (χ2v) is 9.12. The molecule has 0 atom stereocenters. The number of rotatable bonds is 4. The zero-order valence-corrected chi connectivity index (χ0v) is 18.0. The third-order valence-corrected chi connectivity index (χ3v) is 6.83. The van der Waals surface area contributed by atoms with Gasteiger partial charge in [-0.3, -0.25) is 14.4 Å². The molecule has 2 fully saturated rings. The summed E-state index contributed by atoms with van der Waals surface area (Å²) < 4.78 is 13.1. The quantitative estimate of drug-likeness (QED) is 0.793. The Hall–Kier alpha value is -3.03. The molecular formula is C24H27FN4O3. The lowest BCUT2D eigenvalue weighted by atomic mass is 9.94. The summed E-state index contributed by atoms with van der Waals surface area (Å²) in [6.07, 6.45) is 4.18. The Labute approximate surface area is 185 Å². The molecule has 5 rings (SSSR count). The summed E-state index contributed by atoms with van der Waals surface area (Å²) >= 11 is 0. The van der Waals surface area contributed by atoms with E-state index < -0.39 is 0 Å². The lowest BCUT2D eigenvalue weighted by Crippen LogP contribution is -2.41. The van der Waals surface area contributed by atoms with Crippen LogP contribution in [-0.4, -0.2) is 51.2 Å². The van der Waals surface area contributed by atoms with E-state index in [9.17, 15) is 18.8 Å². The standard InChI is InChI=1S/C24H27FN4O3/c25-18-5-1-15(2-6-18)13-21(30)28-10-7-16(8-11-28)22-26-20-14-29(24(32)17-3-4-17)12-9-19(20)23(31)27-22/h1-2,5-6,16-17H,3-4,7-14H2,(H,26,27,31). The van der Waals surface area contributed by atoms with Crippen molar-refractivity contribution in [1.82, 2.24) is 19.8 Å². The highest BCUT2D eigenvalue weighted by molar-refractivity contribution is 5.81. The number of likely N-dealkylation sites (tertiary alicyclic amines) is 1. The number of carbonyl (C=O) groups is 2.